The maximum absolute atomic E-state index is 11.8. The molecule has 1 saturated heterocycles. The minimum Gasteiger partial charge on any atom is -0.445 e. The maximum Gasteiger partial charge on any atom is 0.407 e. The van der Waals surface area contributed by atoms with E-state index in [0.717, 1.165) is 12.0 Å². The van der Waals surface area contributed by atoms with Crippen molar-refractivity contribution in [3.8, 4) is 0 Å². The number of likely N-dealkylation sites (tertiary alicyclic amines) is 1. The Labute approximate surface area is 118 Å². The Morgan fingerprint density at radius 1 is 1.35 bits per heavy atom. The predicted molar refractivity (Wildman–Crippen MR) is 75.0 cm³/mol. The highest BCUT2D eigenvalue weighted by Gasteiger charge is 2.36. The Bertz CT molecular complexity index is 489. The molecule has 0 aromatic heterocycles. The quantitative estimate of drug-likeness (QED) is 0.917. The fraction of sp³-hybridized carbons (Fsp3) is 0.467. The molecule has 5 heteroatoms. The molecular weight excluding hydrogens is 256 g/mol. The number of carbonyl (C=O) groups is 2. The number of nitrogens with zero attached hydrogens (tertiary/aromatic N) is 1. The van der Waals surface area contributed by atoms with Crippen LogP contribution in [0.15, 0.2) is 30.3 Å². The molecule has 0 radical (unpaired) electrons. The minimum atomic E-state index is -0.443. The van der Waals surface area contributed by atoms with Gasteiger partial charge in [-0.05, 0) is 18.9 Å². The molecule has 108 valence electrons. The Morgan fingerprint density at radius 3 is 2.65 bits per heavy atom. The first kappa shape index (κ1) is 14.4. The standard InChI is InChI=1S/C15H20N2O3/c1-12(18)17-9-8-15(2,11-17)16-14(19)20-10-13-6-4-3-5-7-13/h3-7H,8-11H2,1-2H3,(H,16,19). The fourth-order valence-corrected chi connectivity index (χ4v) is 2.34. The van der Waals surface area contributed by atoms with Gasteiger partial charge < -0.3 is 15.0 Å². The molecule has 5 nitrogen and oxygen atoms in total. The lowest BCUT2D eigenvalue weighted by atomic mass is 10.0. The molecule has 2 amide bonds. The summed E-state index contributed by atoms with van der Waals surface area (Å²) in [7, 11) is 0. The lowest BCUT2D eigenvalue weighted by molar-refractivity contribution is -0.128. The topological polar surface area (TPSA) is 58.6 Å². The molecule has 0 saturated carbocycles. The third-order valence-corrected chi connectivity index (χ3v) is 3.54. The van der Waals surface area contributed by atoms with Crippen LogP contribution in [0, 0.1) is 0 Å². The summed E-state index contributed by atoms with van der Waals surface area (Å²) < 4.78 is 5.20. The van der Waals surface area contributed by atoms with Crippen molar-refractivity contribution in [2.75, 3.05) is 13.1 Å². The number of benzene rings is 1. The van der Waals surface area contributed by atoms with Crippen molar-refractivity contribution in [3.05, 3.63) is 35.9 Å². The normalized spacial score (nSPS) is 21.6. The zero-order valence-corrected chi connectivity index (χ0v) is 11.9. The third-order valence-electron chi connectivity index (χ3n) is 3.54. The maximum atomic E-state index is 11.8. The van der Waals surface area contributed by atoms with E-state index in [9.17, 15) is 9.59 Å². The van der Waals surface area contributed by atoms with Gasteiger partial charge >= 0.3 is 6.09 Å². The monoisotopic (exact) mass is 276 g/mol. The minimum absolute atomic E-state index is 0.0353. The van der Waals surface area contributed by atoms with Gasteiger partial charge in [0.05, 0.1) is 5.54 Å². The Kier molecular flexibility index (Phi) is 4.27. The van der Waals surface area contributed by atoms with Crippen LogP contribution in [0.2, 0.25) is 0 Å². The van der Waals surface area contributed by atoms with Crippen molar-refractivity contribution in [1.29, 1.82) is 0 Å². The molecule has 1 aromatic rings. The molecule has 1 aliphatic rings. The lowest BCUT2D eigenvalue weighted by Crippen LogP contribution is -2.48. The van der Waals surface area contributed by atoms with Gasteiger partial charge in [0.15, 0.2) is 0 Å². The second kappa shape index (κ2) is 5.94. The first-order valence-electron chi connectivity index (χ1n) is 6.73. The second-order valence-electron chi connectivity index (χ2n) is 5.44. The van der Waals surface area contributed by atoms with E-state index < -0.39 is 11.6 Å². The van der Waals surface area contributed by atoms with Crippen molar-refractivity contribution >= 4 is 12.0 Å². The first-order valence-corrected chi connectivity index (χ1v) is 6.73. The number of nitrogens with one attached hydrogen (secondary N) is 1. The molecule has 1 aliphatic heterocycles. The van der Waals surface area contributed by atoms with Gasteiger partial charge in [-0.1, -0.05) is 30.3 Å². The molecule has 2 rings (SSSR count). The van der Waals surface area contributed by atoms with Crippen LogP contribution < -0.4 is 5.32 Å². The van der Waals surface area contributed by atoms with Gasteiger partial charge in [-0.2, -0.15) is 0 Å². The average Bonchev–Trinajstić information content (AvgIpc) is 2.80. The van der Waals surface area contributed by atoms with Gasteiger partial charge in [0.25, 0.3) is 0 Å². The molecule has 1 aromatic carbocycles. The summed E-state index contributed by atoms with van der Waals surface area (Å²) in [6.45, 7) is 4.92. The number of alkyl carbamates (subject to hydrolysis) is 1. The summed E-state index contributed by atoms with van der Waals surface area (Å²) >= 11 is 0. The highest BCUT2D eigenvalue weighted by Crippen LogP contribution is 2.21. The van der Waals surface area contributed by atoms with Crippen molar-refractivity contribution < 1.29 is 14.3 Å². The smallest absolute Gasteiger partial charge is 0.407 e. The van der Waals surface area contributed by atoms with Crippen LogP contribution in [0.5, 0.6) is 0 Å². The van der Waals surface area contributed by atoms with Crippen LogP contribution in [-0.4, -0.2) is 35.5 Å². The van der Waals surface area contributed by atoms with Crippen molar-refractivity contribution in [1.82, 2.24) is 10.2 Å². The van der Waals surface area contributed by atoms with E-state index in [1.807, 2.05) is 37.3 Å². The number of carbonyl (C=O) groups excluding carboxylic acids is 2. The molecule has 1 heterocycles. The predicted octanol–water partition coefficient (Wildman–Crippen LogP) is 1.92. The van der Waals surface area contributed by atoms with Crippen LogP contribution in [0.1, 0.15) is 25.8 Å². The van der Waals surface area contributed by atoms with Crippen molar-refractivity contribution in [3.63, 3.8) is 0 Å². The molecule has 1 fully saturated rings. The molecule has 20 heavy (non-hydrogen) atoms. The largest absolute Gasteiger partial charge is 0.445 e. The molecule has 0 bridgehead atoms. The summed E-state index contributed by atoms with van der Waals surface area (Å²) in [6, 6.07) is 9.53. The number of amides is 2. The van der Waals surface area contributed by atoms with Gasteiger partial charge in [0, 0.05) is 20.0 Å². The van der Waals surface area contributed by atoms with E-state index in [4.69, 9.17) is 4.74 Å². The Hall–Kier alpha value is -2.04. The number of rotatable bonds is 3. The van der Waals surface area contributed by atoms with Gasteiger partial charge in [-0.3, -0.25) is 4.79 Å². The van der Waals surface area contributed by atoms with Gasteiger partial charge in [0.1, 0.15) is 6.61 Å². The van der Waals surface area contributed by atoms with Crippen molar-refractivity contribution in [2.24, 2.45) is 0 Å². The zero-order valence-electron chi connectivity index (χ0n) is 11.9. The molecular formula is C15H20N2O3. The lowest BCUT2D eigenvalue weighted by Gasteiger charge is -2.25. The van der Waals surface area contributed by atoms with Gasteiger partial charge in [-0.25, -0.2) is 4.79 Å². The van der Waals surface area contributed by atoms with Crippen LogP contribution >= 0.6 is 0 Å². The number of hydrogen-bond acceptors (Lipinski definition) is 3. The third kappa shape index (κ3) is 3.73. The first-order chi connectivity index (χ1) is 9.48. The summed E-state index contributed by atoms with van der Waals surface area (Å²) in [5.74, 6) is 0.0353. The molecule has 0 aliphatic carbocycles. The molecule has 1 unspecified atom stereocenters. The summed E-state index contributed by atoms with van der Waals surface area (Å²) in [4.78, 5) is 24.9. The fourth-order valence-electron chi connectivity index (χ4n) is 2.34. The van der Waals surface area contributed by atoms with E-state index in [0.29, 0.717) is 13.1 Å². The van der Waals surface area contributed by atoms with Crippen LogP contribution in [0.3, 0.4) is 0 Å². The van der Waals surface area contributed by atoms with Gasteiger partial charge in [-0.15, -0.1) is 0 Å². The molecule has 1 N–H and O–H groups in total. The van der Waals surface area contributed by atoms with Crippen LogP contribution in [-0.2, 0) is 16.1 Å². The van der Waals surface area contributed by atoms with E-state index in [2.05, 4.69) is 5.32 Å². The van der Waals surface area contributed by atoms with E-state index >= 15 is 0 Å². The Balaban J connectivity index is 1.81. The van der Waals surface area contributed by atoms with Crippen LogP contribution in [0.25, 0.3) is 0 Å². The number of ether oxygens (including phenoxy) is 1. The van der Waals surface area contributed by atoms with Crippen LogP contribution in [0.4, 0.5) is 4.79 Å². The summed E-state index contributed by atoms with van der Waals surface area (Å²) in [5, 5.41) is 2.86. The summed E-state index contributed by atoms with van der Waals surface area (Å²) in [6.07, 6.45) is 0.300. The van der Waals surface area contributed by atoms with E-state index in [1.165, 1.54) is 0 Å². The van der Waals surface area contributed by atoms with Crippen molar-refractivity contribution in [2.45, 2.75) is 32.4 Å². The molecule has 1 atom stereocenters. The highest BCUT2D eigenvalue weighted by molar-refractivity contribution is 5.74. The summed E-state index contributed by atoms with van der Waals surface area (Å²) in [5.41, 5.74) is 0.545. The highest BCUT2D eigenvalue weighted by atomic mass is 16.5. The number of hydrogen-bond donors (Lipinski definition) is 1. The molecule has 0 spiro atoms. The van der Waals surface area contributed by atoms with E-state index in [-0.39, 0.29) is 12.5 Å². The second-order valence-corrected chi connectivity index (χ2v) is 5.44. The van der Waals surface area contributed by atoms with E-state index in [1.54, 1.807) is 11.8 Å². The SMILES string of the molecule is CC(=O)N1CCC(C)(NC(=O)OCc2ccccc2)C1. The van der Waals surface area contributed by atoms with Gasteiger partial charge in [0.2, 0.25) is 5.91 Å². The average molecular weight is 276 g/mol. The Morgan fingerprint density at radius 2 is 2.05 bits per heavy atom. The zero-order chi connectivity index (χ0) is 14.6.